The van der Waals surface area contributed by atoms with Gasteiger partial charge in [0.25, 0.3) is 0 Å². The minimum atomic E-state index is -0.0245. The minimum Gasteiger partial charge on any atom is -0.344 e. The van der Waals surface area contributed by atoms with Crippen LogP contribution in [0.3, 0.4) is 0 Å². The number of Topliss-reactive ketones (excluding diaryl/α,β-unsaturated/α-hetero) is 1. The standard InChI is InChI=1S/C15H21N5O/c1-9(2)13(14-16-6-7-20(14)5)19-15-17-8-12(11(4)21)10(3)18-15/h6-9,13H,1-5H3,(H,17,18,19)/t13-/m1/s1. The van der Waals surface area contributed by atoms with Crippen molar-refractivity contribution in [1.29, 1.82) is 0 Å². The zero-order valence-electron chi connectivity index (χ0n) is 13.1. The molecule has 1 N–H and O–H groups in total. The van der Waals surface area contributed by atoms with Gasteiger partial charge in [0.2, 0.25) is 5.95 Å². The fourth-order valence-corrected chi connectivity index (χ4v) is 2.23. The summed E-state index contributed by atoms with van der Waals surface area (Å²) in [5, 5.41) is 3.31. The Balaban J connectivity index is 2.28. The van der Waals surface area contributed by atoms with E-state index >= 15 is 0 Å². The molecule has 2 rings (SSSR count). The number of carbonyl (C=O) groups excluding carboxylic acids is 1. The molecule has 0 saturated heterocycles. The highest BCUT2D eigenvalue weighted by molar-refractivity contribution is 5.94. The van der Waals surface area contributed by atoms with Crippen LogP contribution in [0.5, 0.6) is 0 Å². The second-order valence-corrected chi connectivity index (χ2v) is 5.51. The number of ketones is 1. The van der Waals surface area contributed by atoms with Crippen molar-refractivity contribution in [2.24, 2.45) is 13.0 Å². The number of rotatable bonds is 5. The van der Waals surface area contributed by atoms with Crippen molar-refractivity contribution in [3.63, 3.8) is 0 Å². The first kappa shape index (κ1) is 15.2. The van der Waals surface area contributed by atoms with Gasteiger partial charge in [-0.3, -0.25) is 4.79 Å². The third kappa shape index (κ3) is 3.26. The third-order valence-electron chi connectivity index (χ3n) is 3.45. The number of carbonyl (C=O) groups is 1. The van der Waals surface area contributed by atoms with Gasteiger partial charge in [-0.15, -0.1) is 0 Å². The Kier molecular flexibility index (Phi) is 4.35. The molecule has 0 amide bonds. The molecule has 6 nitrogen and oxygen atoms in total. The maximum atomic E-state index is 11.4. The molecule has 0 aliphatic rings. The van der Waals surface area contributed by atoms with Gasteiger partial charge >= 0.3 is 0 Å². The van der Waals surface area contributed by atoms with E-state index in [-0.39, 0.29) is 11.8 Å². The van der Waals surface area contributed by atoms with Gasteiger partial charge in [0.1, 0.15) is 5.82 Å². The smallest absolute Gasteiger partial charge is 0.223 e. The summed E-state index contributed by atoms with van der Waals surface area (Å²) in [5.74, 6) is 1.74. The van der Waals surface area contributed by atoms with Crippen molar-refractivity contribution in [2.45, 2.75) is 33.7 Å². The third-order valence-corrected chi connectivity index (χ3v) is 3.45. The molecule has 0 saturated carbocycles. The monoisotopic (exact) mass is 287 g/mol. The molecule has 0 spiro atoms. The summed E-state index contributed by atoms with van der Waals surface area (Å²) < 4.78 is 1.98. The zero-order chi connectivity index (χ0) is 15.6. The summed E-state index contributed by atoms with van der Waals surface area (Å²) in [6, 6.07) is 0.00702. The Labute approximate surface area is 124 Å². The number of nitrogens with one attached hydrogen (secondary N) is 1. The Morgan fingerprint density at radius 1 is 1.33 bits per heavy atom. The summed E-state index contributed by atoms with van der Waals surface area (Å²) >= 11 is 0. The fourth-order valence-electron chi connectivity index (χ4n) is 2.23. The minimum absolute atomic E-state index is 0.00702. The normalized spacial score (nSPS) is 12.5. The lowest BCUT2D eigenvalue weighted by Crippen LogP contribution is -2.22. The first-order valence-corrected chi connectivity index (χ1v) is 6.98. The summed E-state index contributed by atoms with van der Waals surface area (Å²) in [7, 11) is 1.96. The maximum absolute atomic E-state index is 11.4. The van der Waals surface area contributed by atoms with Gasteiger partial charge in [0.05, 0.1) is 17.3 Å². The number of nitrogens with zero attached hydrogens (tertiary/aromatic N) is 4. The molecule has 21 heavy (non-hydrogen) atoms. The molecular weight excluding hydrogens is 266 g/mol. The van der Waals surface area contributed by atoms with Crippen LogP contribution in [0.4, 0.5) is 5.95 Å². The van der Waals surface area contributed by atoms with Gasteiger partial charge in [-0.05, 0) is 19.8 Å². The molecule has 0 radical (unpaired) electrons. The largest absolute Gasteiger partial charge is 0.344 e. The van der Waals surface area contributed by atoms with Crippen LogP contribution in [0.15, 0.2) is 18.6 Å². The number of anilines is 1. The van der Waals surface area contributed by atoms with Crippen LogP contribution in [0.2, 0.25) is 0 Å². The first-order valence-electron chi connectivity index (χ1n) is 6.98. The van der Waals surface area contributed by atoms with E-state index in [4.69, 9.17) is 0 Å². The quantitative estimate of drug-likeness (QED) is 0.855. The number of aromatic nitrogens is 4. The Bertz CT molecular complexity index is 647. The van der Waals surface area contributed by atoms with E-state index in [1.165, 1.54) is 6.92 Å². The number of aryl methyl sites for hydroxylation is 2. The van der Waals surface area contributed by atoms with Gasteiger partial charge in [0.15, 0.2) is 5.78 Å². The first-order chi connectivity index (χ1) is 9.90. The number of hydrogen-bond donors (Lipinski definition) is 1. The van der Waals surface area contributed by atoms with E-state index < -0.39 is 0 Å². The molecule has 0 bridgehead atoms. The molecule has 2 aromatic heterocycles. The van der Waals surface area contributed by atoms with Crippen LogP contribution in [0.1, 0.15) is 48.7 Å². The molecule has 2 aromatic rings. The summed E-state index contributed by atoms with van der Waals surface area (Å²) in [5.41, 5.74) is 1.24. The van der Waals surface area contributed by atoms with Crippen molar-refractivity contribution in [2.75, 3.05) is 5.32 Å². The van der Waals surface area contributed by atoms with Crippen molar-refractivity contribution < 1.29 is 4.79 Å². The van der Waals surface area contributed by atoms with Crippen LogP contribution in [-0.2, 0) is 7.05 Å². The highest BCUT2D eigenvalue weighted by Gasteiger charge is 2.21. The highest BCUT2D eigenvalue weighted by atomic mass is 16.1. The summed E-state index contributed by atoms with van der Waals surface area (Å²) in [6.45, 7) is 7.56. The lowest BCUT2D eigenvalue weighted by atomic mass is 10.0. The lowest BCUT2D eigenvalue weighted by molar-refractivity contribution is 0.101. The van der Waals surface area contributed by atoms with Crippen LogP contribution in [0, 0.1) is 12.8 Å². The van der Waals surface area contributed by atoms with Crippen molar-refractivity contribution in [1.82, 2.24) is 19.5 Å². The molecule has 0 aliphatic heterocycles. The van der Waals surface area contributed by atoms with Crippen molar-refractivity contribution >= 4 is 11.7 Å². The van der Waals surface area contributed by atoms with E-state index in [1.54, 1.807) is 12.4 Å². The average Bonchev–Trinajstić information content (AvgIpc) is 2.81. The van der Waals surface area contributed by atoms with Crippen LogP contribution < -0.4 is 5.32 Å². The van der Waals surface area contributed by atoms with Gasteiger partial charge in [-0.25, -0.2) is 15.0 Å². The van der Waals surface area contributed by atoms with Gasteiger partial charge in [-0.1, -0.05) is 13.8 Å². The fraction of sp³-hybridized carbons (Fsp3) is 0.467. The Hall–Kier alpha value is -2.24. The molecular formula is C15H21N5O. The van der Waals surface area contributed by atoms with Crippen LogP contribution in [0.25, 0.3) is 0 Å². The maximum Gasteiger partial charge on any atom is 0.223 e. The SMILES string of the molecule is CC(=O)c1cnc(N[C@@H](c2nccn2C)C(C)C)nc1C. The molecule has 6 heteroatoms. The zero-order valence-corrected chi connectivity index (χ0v) is 13.1. The molecule has 0 fully saturated rings. The average molecular weight is 287 g/mol. The Morgan fingerprint density at radius 2 is 2.05 bits per heavy atom. The predicted octanol–water partition coefficient (Wildman–Crippen LogP) is 2.53. The van der Waals surface area contributed by atoms with Crippen molar-refractivity contribution in [3.8, 4) is 0 Å². The van der Waals surface area contributed by atoms with Gasteiger partial charge < -0.3 is 9.88 Å². The predicted molar refractivity (Wildman–Crippen MR) is 81.2 cm³/mol. The molecule has 1 atom stereocenters. The topological polar surface area (TPSA) is 72.7 Å². The second-order valence-electron chi connectivity index (χ2n) is 5.51. The molecule has 0 unspecified atom stereocenters. The second kappa shape index (κ2) is 6.03. The number of hydrogen-bond acceptors (Lipinski definition) is 5. The molecule has 112 valence electrons. The number of imidazole rings is 1. The van der Waals surface area contributed by atoms with E-state index in [0.717, 1.165) is 5.82 Å². The van der Waals surface area contributed by atoms with Crippen LogP contribution >= 0.6 is 0 Å². The molecule has 2 heterocycles. The Morgan fingerprint density at radius 3 is 2.52 bits per heavy atom. The summed E-state index contributed by atoms with van der Waals surface area (Å²) in [6.07, 6.45) is 5.26. The molecule has 0 aliphatic carbocycles. The summed E-state index contributed by atoms with van der Waals surface area (Å²) in [4.78, 5) is 24.4. The van der Waals surface area contributed by atoms with Gasteiger partial charge in [0, 0.05) is 25.6 Å². The highest BCUT2D eigenvalue weighted by Crippen LogP contribution is 2.23. The van der Waals surface area contributed by atoms with E-state index in [1.807, 2.05) is 24.7 Å². The van der Waals surface area contributed by atoms with E-state index in [2.05, 4.69) is 34.1 Å². The molecule has 0 aromatic carbocycles. The van der Waals surface area contributed by atoms with E-state index in [0.29, 0.717) is 23.1 Å². The van der Waals surface area contributed by atoms with E-state index in [9.17, 15) is 4.79 Å². The van der Waals surface area contributed by atoms with Gasteiger partial charge in [-0.2, -0.15) is 0 Å². The van der Waals surface area contributed by atoms with Crippen molar-refractivity contribution in [3.05, 3.63) is 35.7 Å². The lowest BCUT2D eigenvalue weighted by Gasteiger charge is -2.22. The van der Waals surface area contributed by atoms with Crippen LogP contribution in [-0.4, -0.2) is 25.3 Å².